The molecule has 2 rings (SSSR count). The highest BCUT2D eigenvalue weighted by Gasteiger charge is 2.18. The molecule has 0 atom stereocenters. The molecule has 0 bridgehead atoms. The van der Waals surface area contributed by atoms with Crippen molar-refractivity contribution in [2.45, 2.75) is 19.8 Å². The molecular weight excluding hydrogens is 262 g/mol. The first-order valence-electron chi connectivity index (χ1n) is 6.63. The van der Waals surface area contributed by atoms with Crippen molar-refractivity contribution in [1.82, 2.24) is 4.72 Å². The zero-order valence-electron chi connectivity index (χ0n) is 11.2. The summed E-state index contributed by atoms with van der Waals surface area (Å²) in [6, 6.07) is 5.92. The van der Waals surface area contributed by atoms with Crippen LogP contribution >= 0.6 is 0 Å². The number of sulfonamides is 1. The number of fused-ring (bicyclic) bond motifs is 1. The lowest BCUT2D eigenvalue weighted by molar-refractivity contribution is 0.580. The average molecular weight is 283 g/mol. The Morgan fingerprint density at radius 1 is 1.42 bits per heavy atom. The largest absolute Gasteiger partial charge is 0.398 e. The van der Waals surface area contributed by atoms with Gasteiger partial charge in [-0.1, -0.05) is 6.07 Å². The van der Waals surface area contributed by atoms with Crippen molar-refractivity contribution in [3.63, 3.8) is 0 Å². The maximum absolute atomic E-state index is 11.4. The normalized spacial score (nSPS) is 15.3. The number of nitrogens with two attached hydrogens (primary N) is 1. The van der Waals surface area contributed by atoms with Gasteiger partial charge in [0.2, 0.25) is 10.0 Å². The van der Waals surface area contributed by atoms with Crippen molar-refractivity contribution in [2.24, 2.45) is 0 Å². The number of anilines is 2. The quantitative estimate of drug-likeness (QED) is 0.789. The summed E-state index contributed by atoms with van der Waals surface area (Å²) in [5, 5.41) is 0. The average Bonchev–Trinajstić information content (AvgIpc) is 2.40. The predicted octanol–water partition coefficient (Wildman–Crippen LogP) is 0.961. The van der Waals surface area contributed by atoms with E-state index >= 15 is 0 Å². The fraction of sp³-hybridized carbons (Fsp3) is 0.538. The summed E-state index contributed by atoms with van der Waals surface area (Å²) in [5.74, 6) is 0.122. The van der Waals surface area contributed by atoms with Crippen LogP contribution < -0.4 is 15.4 Å². The topological polar surface area (TPSA) is 75.4 Å². The van der Waals surface area contributed by atoms with Gasteiger partial charge in [0.15, 0.2) is 0 Å². The van der Waals surface area contributed by atoms with Crippen LogP contribution in [0.1, 0.15) is 18.9 Å². The lowest BCUT2D eigenvalue weighted by Gasteiger charge is -2.32. The van der Waals surface area contributed by atoms with Gasteiger partial charge in [0.25, 0.3) is 0 Å². The van der Waals surface area contributed by atoms with E-state index in [2.05, 4.69) is 15.7 Å². The Hall–Kier alpha value is -1.27. The second kappa shape index (κ2) is 5.79. The van der Waals surface area contributed by atoms with E-state index < -0.39 is 10.0 Å². The molecule has 1 aliphatic heterocycles. The van der Waals surface area contributed by atoms with Crippen LogP contribution in [-0.4, -0.2) is 33.8 Å². The fourth-order valence-electron chi connectivity index (χ4n) is 2.40. The van der Waals surface area contributed by atoms with Crippen LogP contribution in [0.3, 0.4) is 0 Å². The molecule has 6 heteroatoms. The van der Waals surface area contributed by atoms with Crippen molar-refractivity contribution >= 4 is 21.4 Å². The Balaban J connectivity index is 2.02. The molecule has 5 nitrogen and oxygen atoms in total. The monoisotopic (exact) mass is 283 g/mol. The molecule has 0 aliphatic carbocycles. The lowest BCUT2D eigenvalue weighted by Crippen LogP contribution is -2.38. The molecule has 1 aromatic rings. The first-order chi connectivity index (χ1) is 9.03. The molecule has 0 saturated carbocycles. The van der Waals surface area contributed by atoms with E-state index in [0.29, 0.717) is 13.1 Å². The lowest BCUT2D eigenvalue weighted by atomic mass is 10.00. The van der Waals surface area contributed by atoms with Crippen LogP contribution in [0, 0.1) is 0 Å². The predicted molar refractivity (Wildman–Crippen MR) is 78.9 cm³/mol. The summed E-state index contributed by atoms with van der Waals surface area (Å²) < 4.78 is 25.4. The number of nitrogen functional groups attached to an aromatic ring is 1. The minimum absolute atomic E-state index is 0.122. The van der Waals surface area contributed by atoms with E-state index in [1.165, 1.54) is 5.56 Å². The van der Waals surface area contributed by atoms with E-state index in [9.17, 15) is 8.42 Å². The zero-order chi connectivity index (χ0) is 13.9. The minimum Gasteiger partial charge on any atom is -0.398 e. The Bertz CT molecular complexity index is 543. The Kier molecular flexibility index (Phi) is 4.31. The molecule has 0 radical (unpaired) electrons. The van der Waals surface area contributed by atoms with Gasteiger partial charge >= 0.3 is 0 Å². The van der Waals surface area contributed by atoms with Crippen LogP contribution in [0.2, 0.25) is 0 Å². The Morgan fingerprint density at radius 3 is 2.95 bits per heavy atom. The second-order valence-electron chi connectivity index (χ2n) is 4.73. The minimum atomic E-state index is -3.11. The van der Waals surface area contributed by atoms with Crippen molar-refractivity contribution < 1.29 is 8.42 Å². The fourth-order valence-corrected chi connectivity index (χ4v) is 3.00. The molecule has 0 amide bonds. The number of hydrogen-bond acceptors (Lipinski definition) is 4. The molecular formula is C13H21N3O2S. The molecule has 1 heterocycles. The molecule has 0 spiro atoms. The van der Waals surface area contributed by atoms with Gasteiger partial charge in [-0.05, 0) is 37.5 Å². The van der Waals surface area contributed by atoms with Crippen LogP contribution in [0.5, 0.6) is 0 Å². The van der Waals surface area contributed by atoms with Gasteiger partial charge in [0, 0.05) is 31.0 Å². The van der Waals surface area contributed by atoms with Gasteiger partial charge in [-0.25, -0.2) is 13.1 Å². The summed E-state index contributed by atoms with van der Waals surface area (Å²) in [4.78, 5) is 2.20. The van der Waals surface area contributed by atoms with Crippen LogP contribution in [0.15, 0.2) is 18.2 Å². The second-order valence-corrected chi connectivity index (χ2v) is 6.83. The molecule has 0 aromatic heterocycles. The number of hydrogen-bond donors (Lipinski definition) is 2. The highest BCUT2D eigenvalue weighted by atomic mass is 32.2. The smallest absolute Gasteiger partial charge is 0.211 e. The van der Waals surface area contributed by atoms with Crippen molar-refractivity contribution in [3.8, 4) is 0 Å². The SMILES string of the molecule is CCS(=O)(=O)NCCN1CCCc2c(N)cccc21. The molecule has 0 fully saturated rings. The van der Waals surface area contributed by atoms with E-state index in [-0.39, 0.29) is 5.75 Å². The number of nitrogens with zero attached hydrogens (tertiary/aromatic N) is 1. The highest BCUT2D eigenvalue weighted by Crippen LogP contribution is 2.30. The Morgan fingerprint density at radius 2 is 2.21 bits per heavy atom. The number of rotatable bonds is 5. The molecule has 1 aliphatic rings. The first-order valence-corrected chi connectivity index (χ1v) is 8.28. The van der Waals surface area contributed by atoms with Crippen molar-refractivity contribution in [2.75, 3.05) is 36.0 Å². The van der Waals surface area contributed by atoms with Crippen LogP contribution in [0.4, 0.5) is 11.4 Å². The van der Waals surface area contributed by atoms with Gasteiger partial charge in [0.05, 0.1) is 5.75 Å². The van der Waals surface area contributed by atoms with Crippen LogP contribution in [-0.2, 0) is 16.4 Å². The number of nitrogens with one attached hydrogen (secondary N) is 1. The van der Waals surface area contributed by atoms with E-state index in [0.717, 1.165) is 30.8 Å². The zero-order valence-corrected chi connectivity index (χ0v) is 12.0. The van der Waals surface area contributed by atoms with E-state index in [1.807, 2.05) is 12.1 Å². The summed E-state index contributed by atoms with van der Waals surface area (Å²) in [6.07, 6.45) is 2.06. The molecule has 1 aromatic carbocycles. The molecule has 19 heavy (non-hydrogen) atoms. The van der Waals surface area contributed by atoms with Gasteiger partial charge in [-0.15, -0.1) is 0 Å². The maximum Gasteiger partial charge on any atom is 0.211 e. The summed E-state index contributed by atoms with van der Waals surface area (Å²) in [5.41, 5.74) is 9.14. The maximum atomic E-state index is 11.4. The molecule has 3 N–H and O–H groups in total. The van der Waals surface area contributed by atoms with Gasteiger partial charge < -0.3 is 10.6 Å². The van der Waals surface area contributed by atoms with Gasteiger partial charge in [-0.3, -0.25) is 0 Å². The highest BCUT2D eigenvalue weighted by molar-refractivity contribution is 7.89. The molecule has 0 unspecified atom stereocenters. The van der Waals surface area contributed by atoms with Crippen LogP contribution in [0.25, 0.3) is 0 Å². The third-order valence-electron chi connectivity index (χ3n) is 3.47. The van der Waals surface area contributed by atoms with Crippen molar-refractivity contribution in [3.05, 3.63) is 23.8 Å². The third-order valence-corrected chi connectivity index (χ3v) is 4.87. The third kappa shape index (κ3) is 3.39. The number of benzene rings is 1. The Labute approximate surface area is 114 Å². The van der Waals surface area contributed by atoms with E-state index in [1.54, 1.807) is 6.92 Å². The summed E-state index contributed by atoms with van der Waals surface area (Å²) in [7, 11) is -3.11. The summed E-state index contributed by atoms with van der Waals surface area (Å²) >= 11 is 0. The van der Waals surface area contributed by atoms with Gasteiger partial charge in [-0.2, -0.15) is 0 Å². The standard InChI is InChI=1S/C13H21N3O2S/c1-2-19(17,18)15-8-10-16-9-4-5-11-12(14)6-3-7-13(11)16/h3,6-7,15H,2,4-5,8-10,14H2,1H3. The van der Waals surface area contributed by atoms with Crippen molar-refractivity contribution in [1.29, 1.82) is 0 Å². The first kappa shape index (κ1) is 14.1. The van der Waals surface area contributed by atoms with Gasteiger partial charge in [0.1, 0.15) is 0 Å². The van der Waals surface area contributed by atoms with E-state index in [4.69, 9.17) is 5.73 Å². The molecule has 0 saturated heterocycles. The molecule has 106 valence electrons. The summed E-state index contributed by atoms with van der Waals surface area (Å²) in [6.45, 7) is 3.70.